The van der Waals surface area contributed by atoms with Gasteiger partial charge in [-0.05, 0) is 61.4 Å². The minimum Gasteiger partial charge on any atom is -0.341 e. The summed E-state index contributed by atoms with van der Waals surface area (Å²) in [6, 6.07) is 15.8. The van der Waals surface area contributed by atoms with Crippen LogP contribution in [0.3, 0.4) is 0 Å². The van der Waals surface area contributed by atoms with Gasteiger partial charge in [-0.3, -0.25) is 19.3 Å². The van der Waals surface area contributed by atoms with Crippen LogP contribution in [0.1, 0.15) is 42.5 Å². The van der Waals surface area contributed by atoms with Crippen molar-refractivity contribution in [1.82, 2.24) is 14.4 Å². The average Bonchev–Trinajstić information content (AvgIpc) is 3.14. The molecule has 3 amide bonds. The molecule has 3 aromatic rings. The first-order valence-corrected chi connectivity index (χ1v) is 13.5. The van der Waals surface area contributed by atoms with E-state index >= 15 is 0 Å². The number of nitrogens with zero attached hydrogens (tertiary/aromatic N) is 3. The summed E-state index contributed by atoms with van der Waals surface area (Å²) in [6.45, 7) is 3.87. The van der Waals surface area contributed by atoms with Gasteiger partial charge in [0.15, 0.2) is 0 Å². The Balaban J connectivity index is 1.42. The number of carbonyl (C=O) groups is 3. The van der Waals surface area contributed by atoms with Gasteiger partial charge in [-0.15, -0.1) is 0 Å². The molecule has 0 N–H and O–H groups in total. The molecule has 8 heteroatoms. The third kappa shape index (κ3) is 4.95. The fourth-order valence-electron chi connectivity index (χ4n) is 4.94. The molecule has 2 aliphatic heterocycles. The second-order valence-electron chi connectivity index (χ2n) is 9.29. The van der Waals surface area contributed by atoms with E-state index in [9.17, 15) is 14.4 Å². The SMILES string of the molecule is Cc1c(C=C2SC(=O)N(CC(=O)N3CCCCCC3)C2=O)c2ccccc2n1Cc1ccc(Cl)cc1. The number of hydrogen-bond acceptors (Lipinski definition) is 4. The molecule has 36 heavy (non-hydrogen) atoms. The highest BCUT2D eigenvalue weighted by atomic mass is 35.5. The van der Waals surface area contributed by atoms with Crippen molar-refractivity contribution in [2.75, 3.05) is 19.6 Å². The van der Waals surface area contributed by atoms with E-state index in [1.54, 1.807) is 11.0 Å². The van der Waals surface area contributed by atoms with Crippen LogP contribution in [0.2, 0.25) is 5.02 Å². The highest BCUT2D eigenvalue weighted by Gasteiger charge is 2.37. The smallest absolute Gasteiger partial charge is 0.294 e. The number of rotatable bonds is 5. The van der Waals surface area contributed by atoms with E-state index in [0.29, 0.717) is 29.6 Å². The van der Waals surface area contributed by atoms with Crippen molar-refractivity contribution in [1.29, 1.82) is 0 Å². The molecule has 0 radical (unpaired) electrons. The van der Waals surface area contributed by atoms with Crippen LogP contribution in [0.5, 0.6) is 0 Å². The summed E-state index contributed by atoms with van der Waals surface area (Å²) in [5.74, 6) is -0.557. The van der Waals surface area contributed by atoms with E-state index in [1.165, 1.54) is 0 Å². The largest absolute Gasteiger partial charge is 0.341 e. The van der Waals surface area contributed by atoms with Gasteiger partial charge in [0.2, 0.25) is 5.91 Å². The molecule has 3 heterocycles. The van der Waals surface area contributed by atoms with E-state index in [4.69, 9.17) is 11.6 Å². The predicted octanol–water partition coefficient (Wildman–Crippen LogP) is 6.09. The Morgan fingerprint density at radius 3 is 2.42 bits per heavy atom. The highest BCUT2D eigenvalue weighted by Crippen LogP contribution is 2.36. The van der Waals surface area contributed by atoms with E-state index in [-0.39, 0.29) is 12.5 Å². The molecule has 2 aromatic carbocycles. The van der Waals surface area contributed by atoms with Crippen LogP contribution < -0.4 is 0 Å². The number of carbonyl (C=O) groups excluding carboxylic acids is 3. The summed E-state index contributed by atoms with van der Waals surface area (Å²) < 4.78 is 2.21. The van der Waals surface area contributed by atoms with E-state index in [1.807, 2.05) is 49.4 Å². The van der Waals surface area contributed by atoms with Crippen LogP contribution in [0.25, 0.3) is 17.0 Å². The molecule has 1 aromatic heterocycles. The summed E-state index contributed by atoms with van der Waals surface area (Å²) in [7, 11) is 0. The second-order valence-corrected chi connectivity index (χ2v) is 10.7. The summed E-state index contributed by atoms with van der Waals surface area (Å²) >= 11 is 6.96. The molecule has 0 aliphatic carbocycles. The molecule has 6 nitrogen and oxygen atoms in total. The zero-order valence-electron chi connectivity index (χ0n) is 20.2. The third-order valence-corrected chi connectivity index (χ3v) is 8.09. The van der Waals surface area contributed by atoms with E-state index < -0.39 is 11.1 Å². The van der Waals surface area contributed by atoms with Gasteiger partial charge >= 0.3 is 0 Å². The van der Waals surface area contributed by atoms with Crippen molar-refractivity contribution in [2.45, 2.75) is 39.2 Å². The number of aromatic nitrogens is 1. The number of para-hydroxylation sites is 1. The van der Waals surface area contributed by atoms with Gasteiger partial charge < -0.3 is 9.47 Å². The van der Waals surface area contributed by atoms with Crippen LogP contribution in [0.4, 0.5) is 4.79 Å². The van der Waals surface area contributed by atoms with Crippen LogP contribution in [-0.2, 0) is 16.1 Å². The van der Waals surface area contributed by atoms with Gasteiger partial charge in [-0.1, -0.05) is 54.8 Å². The summed E-state index contributed by atoms with van der Waals surface area (Å²) in [4.78, 5) is 42.0. The standard InChI is InChI=1S/C28H28ClN3O3S/c1-19-23(22-8-4-5-9-24(22)31(19)17-20-10-12-21(29)13-11-20)16-25-27(34)32(28(35)36-25)18-26(33)30-14-6-2-3-7-15-30/h4-5,8-13,16H,2-3,6-7,14-15,17-18H2,1H3. The third-order valence-electron chi connectivity index (χ3n) is 6.93. The molecule has 0 unspecified atom stereocenters. The molecule has 5 rings (SSSR count). The van der Waals surface area contributed by atoms with Crippen molar-refractivity contribution in [3.63, 3.8) is 0 Å². The van der Waals surface area contributed by atoms with Gasteiger partial charge in [0.05, 0.1) is 4.91 Å². The molecule has 2 aliphatic rings. The normalized spacial score (nSPS) is 17.9. The number of amides is 3. The summed E-state index contributed by atoms with van der Waals surface area (Å²) in [5.41, 5.74) is 4.07. The van der Waals surface area contributed by atoms with Crippen LogP contribution in [-0.4, -0.2) is 51.1 Å². The average molecular weight is 522 g/mol. The van der Waals surface area contributed by atoms with Gasteiger partial charge in [-0.2, -0.15) is 0 Å². The van der Waals surface area contributed by atoms with Crippen molar-refractivity contribution >= 4 is 57.4 Å². The quantitative estimate of drug-likeness (QED) is 0.381. The lowest BCUT2D eigenvalue weighted by Gasteiger charge is -2.22. The Hall–Kier alpha value is -3.03. The number of likely N-dealkylation sites (tertiary alicyclic amines) is 1. The first-order valence-electron chi connectivity index (χ1n) is 12.3. The predicted molar refractivity (Wildman–Crippen MR) is 145 cm³/mol. The van der Waals surface area contributed by atoms with Crippen molar-refractivity contribution in [3.8, 4) is 0 Å². The van der Waals surface area contributed by atoms with Gasteiger partial charge in [0.1, 0.15) is 6.54 Å². The van der Waals surface area contributed by atoms with E-state index in [2.05, 4.69) is 10.6 Å². The topological polar surface area (TPSA) is 62.6 Å². The van der Waals surface area contributed by atoms with Crippen LogP contribution >= 0.6 is 23.4 Å². The molecular weight excluding hydrogens is 494 g/mol. The molecule has 0 spiro atoms. The monoisotopic (exact) mass is 521 g/mol. The summed E-state index contributed by atoms with van der Waals surface area (Å²) in [5, 5.41) is 1.31. The Bertz CT molecular complexity index is 1350. The molecule has 0 saturated carbocycles. The maximum Gasteiger partial charge on any atom is 0.294 e. The van der Waals surface area contributed by atoms with Crippen molar-refractivity contribution < 1.29 is 14.4 Å². The number of benzene rings is 2. The maximum atomic E-state index is 13.2. The van der Waals surface area contributed by atoms with Crippen LogP contribution in [0, 0.1) is 6.92 Å². The number of imide groups is 1. The first-order chi connectivity index (χ1) is 17.4. The fourth-order valence-corrected chi connectivity index (χ4v) is 5.88. The van der Waals surface area contributed by atoms with Gasteiger partial charge in [0.25, 0.3) is 11.1 Å². The second kappa shape index (κ2) is 10.5. The summed E-state index contributed by atoms with van der Waals surface area (Å²) in [6.07, 6.45) is 5.95. The maximum absolute atomic E-state index is 13.2. The number of fused-ring (bicyclic) bond motifs is 1. The number of thioether (sulfide) groups is 1. The first kappa shape index (κ1) is 24.7. The molecule has 0 atom stereocenters. The molecule has 2 fully saturated rings. The number of hydrogen-bond donors (Lipinski definition) is 0. The molecule has 2 saturated heterocycles. The number of halogens is 1. The fraction of sp³-hybridized carbons (Fsp3) is 0.321. The Morgan fingerprint density at radius 2 is 1.69 bits per heavy atom. The van der Waals surface area contributed by atoms with E-state index in [0.717, 1.165) is 70.1 Å². The highest BCUT2D eigenvalue weighted by molar-refractivity contribution is 8.18. The van der Waals surface area contributed by atoms with Crippen LogP contribution in [0.15, 0.2) is 53.4 Å². The lowest BCUT2D eigenvalue weighted by atomic mass is 10.1. The molecule has 0 bridgehead atoms. The minimum atomic E-state index is -0.401. The van der Waals surface area contributed by atoms with Gasteiger partial charge in [0, 0.05) is 46.8 Å². The Labute approximate surface area is 219 Å². The Morgan fingerprint density at radius 1 is 1.00 bits per heavy atom. The zero-order chi connectivity index (χ0) is 25.2. The lowest BCUT2D eigenvalue weighted by Crippen LogP contribution is -2.42. The zero-order valence-corrected chi connectivity index (χ0v) is 21.8. The minimum absolute atomic E-state index is 0.156. The Kier molecular flexibility index (Phi) is 7.21. The van der Waals surface area contributed by atoms with Crippen molar-refractivity contribution in [3.05, 3.63) is 75.3 Å². The van der Waals surface area contributed by atoms with Gasteiger partial charge in [-0.25, -0.2) is 0 Å². The lowest BCUT2D eigenvalue weighted by molar-refractivity contribution is -0.135. The molecule has 186 valence electrons. The molecular formula is C28H28ClN3O3S. The van der Waals surface area contributed by atoms with Crippen molar-refractivity contribution in [2.24, 2.45) is 0 Å².